The van der Waals surface area contributed by atoms with Crippen LogP contribution in [0.2, 0.25) is 0 Å². The number of hydrogen-bond acceptors (Lipinski definition) is 6. The van der Waals surface area contributed by atoms with E-state index in [0.29, 0.717) is 41.6 Å². The number of rotatable bonds is 5. The van der Waals surface area contributed by atoms with Crippen LogP contribution in [-0.2, 0) is 4.79 Å². The third-order valence-corrected chi connectivity index (χ3v) is 4.90. The van der Waals surface area contributed by atoms with Gasteiger partial charge in [-0.2, -0.15) is 5.26 Å². The van der Waals surface area contributed by atoms with Crippen molar-refractivity contribution in [2.24, 2.45) is 0 Å². The summed E-state index contributed by atoms with van der Waals surface area (Å²) in [5.74, 6) is 0.613. The molecule has 0 aromatic heterocycles. The molecule has 8 nitrogen and oxygen atoms in total. The van der Waals surface area contributed by atoms with Gasteiger partial charge in [-0.3, -0.25) is 20.4 Å². The van der Waals surface area contributed by atoms with E-state index < -0.39 is 11.8 Å². The molecule has 0 saturated carbocycles. The van der Waals surface area contributed by atoms with Crippen molar-refractivity contribution in [3.63, 3.8) is 0 Å². The Morgan fingerprint density at radius 3 is 2.24 bits per heavy atom. The molecule has 0 radical (unpaired) electrons. The second kappa shape index (κ2) is 10.2. The third-order valence-electron chi connectivity index (χ3n) is 4.90. The molecule has 3 aromatic rings. The van der Waals surface area contributed by atoms with Crippen LogP contribution in [0.15, 0.2) is 66.7 Å². The molecule has 0 atom stereocenters. The van der Waals surface area contributed by atoms with Crippen LogP contribution in [0.5, 0.6) is 17.2 Å². The Morgan fingerprint density at radius 1 is 0.879 bits per heavy atom. The van der Waals surface area contributed by atoms with Crippen LogP contribution < -0.4 is 25.1 Å². The molecule has 0 spiro atoms. The second-order valence-electron chi connectivity index (χ2n) is 7.22. The van der Waals surface area contributed by atoms with Gasteiger partial charge in [0.1, 0.15) is 5.75 Å². The maximum atomic E-state index is 12.3. The monoisotopic (exact) mass is 443 g/mol. The van der Waals surface area contributed by atoms with Crippen LogP contribution in [0.4, 0.5) is 0 Å². The fourth-order valence-electron chi connectivity index (χ4n) is 3.17. The maximum Gasteiger partial charge on any atom is 0.276 e. The number of fused-ring (bicyclic) bond motifs is 1. The van der Waals surface area contributed by atoms with E-state index >= 15 is 0 Å². The van der Waals surface area contributed by atoms with E-state index in [2.05, 4.69) is 16.9 Å². The van der Waals surface area contributed by atoms with E-state index in [1.165, 1.54) is 0 Å². The summed E-state index contributed by atoms with van der Waals surface area (Å²) in [5, 5.41) is 8.89. The van der Waals surface area contributed by atoms with E-state index in [0.717, 1.165) is 17.5 Å². The lowest BCUT2D eigenvalue weighted by Gasteiger charge is -2.11. The van der Waals surface area contributed by atoms with Gasteiger partial charge in [0.25, 0.3) is 11.8 Å². The molecule has 0 fully saturated rings. The number of ether oxygens (including phenoxy) is 3. The van der Waals surface area contributed by atoms with Crippen molar-refractivity contribution in [2.45, 2.75) is 6.42 Å². The summed E-state index contributed by atoms with van der Waals surface area (Å²) in [7, 11) is 0. The van der Waals surface area contributed by atoms with Gasteiger partial charge < -0.3 is 14.2 Å². The van der Waals surface area contributed by atoms with Gasteiger partial charge in [0.2, 0.25) is 0 Å². The smallest absolute Gasteiger partial charge is 0.276 e. The van der Waals surface area contributed by atoms with E-state index in [4.69, 9.17) is 19.5 Å². The summed E-state index contributed by atoms with van der Waals surface area (Å²) in [4.78, 5) is 24.4. The normalized spacial score (nSPS) is 12.1. The molecule has 0 bridgehead atoms. The minimum absolute atomic E-state index is 0.266. The van der Waals surface area contributed by atoms with Crippen LogP contribution in [0.3, 0.4) is 0 Å². The molecule has 2 N–H and O–H groups in total. The molecular weight excluding hydrogens is 422 g/mol. The van der Waals surface area contributed by atoms with Crippen molar-refractivity contribution in [1.29, 1.82) is 5.26 Å². The second-order valence-corrected chi connectivity index (χ2v) is 7.22. The first kappa shape index (κ1) is 21.7. The average molecular weight is 443 g/mol. The van der Waals surface area contributed by atoms with Crippen molar-refractivity contribution in [2.75, 3.05) is 19.8 Å². The Morgan fingerprint density at radius 2 is 1.55 bits per heavy atom. The third kappa shape index (κ3) is 5.60. The molecule has 2 amide bonds. The van der Waals surface area contributed by atoms with Gasteiger partial charge in [0.05, 0.1) is 24.8 Å². The molecule has 4 rings (SSSR count). The summed E-state index contributed by atoms with van der Waals surface area (Å²) < 4.78 is 16.6. The van der Waals surface area contributed by atoms with Crippen LogP contribution >= 0.6 is 0 Å². The van der Waals surface area contributed by atoms with Gasteiger partial charge in [0.15, 0.2) is 18.1 Å². The minimum Gasteiger partial charge on any atom is -0.490 e. The molecule has 0 saturated heterocycles. The highest BCUT2D eigenvalue weighted by atomic mass is 16.5. The van der Waals surface area contributed by atoms with Gasteiger partial charge in [0, 0.05) is 12.0 Å². The zero-order valence-corrected chi connectivity index (χ0v) is 17.7. The highest BCUT2D eigenvalue weighted by Gasteiger charge is 2.14. The number of hydrazine groups is 1. The first-order chi connectivity index (χ1) is 16.1. The quantitative estimate of drug-likeness (QED) is 0.586. The number of nitriles is 1. The highest BCUT2D eigenvalue weighted by molar-refractivity contribution is 5.96. The fourth-order valence-corrected chi connectivity index (χ4v) is 3.17. The van der Waals surface area contributed by atoms with Crippen molar-refractivity contribution in [3.8, 4) is 34.4 Å². The maximum absolute atomic E-state index is 12.3. The Balaban J connectivity index is 1.26. The largest absolute Gasteiger partial charge is 0.490 e. The van der Waals surface area contributed by atoms with Gasteiger partial charge in [-0.15, -0.1) is 0 Å². The standard InChI is InChI=1S/C25H21N3O5/c26-15-17-2-4-18(5-3-17)19-6-9-21(10-7-19)33-16-24(29)27-28-25(30)20-8-11-22-23(14-20)32-13-1-12-31-22/h2-11,14H,1,12-13,16H2,(H,27,29)(H,28,30). The number of nitrogens with one attached hydrogen (secondary N) is 2. The Hall–Kier alpha value is -4.51. The van der Waals surface area contributed by atoms with Crippen LogP contribution in [0.25, 0.3) is 11.1 Å². The predicted octanol–water partition coefficient (Wildman–Crippen LogP) is 3.23. The molecule has 0 aliphatic carbocycles. The topological polar surface area (TPSA) is 110 Å². The number of benzene rings is 3. The van der Waals surface area contributed by atoms with E-state index in [9.17, 15) is 9.59 Å². The number of carbonyl (C=O) groups excluding carboxylic acids is 2. The lowest BCUT2D eigenvalue weighted by molar-refractivity contribution is -0.123. The molecule has 166 valence electrons. The lowest BCUT2D eigenvalue weighted by Crippen LogP contribution is -2.43. The fraction of sp³-hybridized carbons (Fsp3) is 0.160. The minimum atomic E-state index is -0.506. The van der Waals surface area contributed by atoms with Gasteiger partial charge >= 0.3 is 0 Å². The summed E-state index contributed by atoms with van der Waals surface area (Å²) in [6.45, 7) is 0.811. The Bertz CT molecular complexity index is 1180. The van der Waals surface area contributed by atoms with Crippen molar-refractivity contribution in [1.82, 2.24) is 10.9 Å². The van der Waals surface area contributed by atoms with Crippen LogP contribution in [-0.4, -0.2) is 31.6 Å². The van der Waals surface area contributed by atoms with Crippen molar-refractivity contribution < 1.29 is 23.8 Å². The molecule has 1 aliphatic rings. The summed E-state index contributed by atoms with van der Waals surface area (Å²) in [5.41, 5.74) is 7.55. The molecule has 33 heavy (non-hydrogen) atoms. The van der Waals surface area contributed by atoms with Gasteiger partial charge in [-0.1, -0.05) is 24.3 Å². The van der Waals surface area contributed by atoms with Crippen molar-refractivity contribution >= 4 is 11.8 Å². The summed E-state index contributed by atoms with van der Waals surface area (Å²) in [6.07, 6.45) is 0.768. The van der Waals surface area contributed by atoms with Crippen molar-refractivity contribution in [3.05, 3.63) is 77.9 Å². The SMILES string of the molecule is N#Cc1ccc(-c2ccc(OCC(=O)NNC(=O)c3ccc4c(c3)OCCCO4)cc2)cc1. The number of carbonyl (C=O) groups is 2. The molecule has 8 heteroatoms. The molecular formula is C25H21N3O5. The zero-order chi connectivity index (χ0) is 23.0. The summed E-state index contributed by atoms with van der Waals surface area (Å²) >= 11 is 0. The first-order valence-corrected chi connectivity index (χ1v) is 10.3. The van der Waals surface area contributed by atoms with Gasteiger partial charge in [-0.25, -0.2) is 0 Å². The van der Waals surface area contributed by atoms with E-state index in [1.54, 1.807) is 42.5 Å². The Kier molecular flexibility index (Phi) is 6.71. The lowest BCUT2D eigenvalue weighted by atomic mass is 10.0. The van der Waals surface area contributed by atoms with E-state index in [1.807, 2.05) is 24.3 Å². The molecule has 1 aliphatic heterocycles. The molecule has 1 heterocycles. The molecule has 3 aromatic carbocycles. The zero-order valence-electron chi connectivity index (χ0n) is 17.7. The number of nitrogens with zero attached hydrogens (tertiary/aromatic N) is 1. The number of amides is 2. The van der Waals surface area contributed by atoms with Crippen LogP contribution in [0.1, 0.15) is 22.3 Å². The average Bonchev–Trinajstić information content (AvgIpc) is 3.11. The highest BCUT2D eigenvalue weighted by Crippen LogP contribution is 2.30. The van der Waals surface area contributed by atoms with Crippen LogP contribution in [0, 0.1) is 11.3 Å². The molecule has 0 unspecified atom stereocenters. The first-order valence-electron chi connectivity index (χ1n) is 10.3. The van der Waals surface area contributed by atoms with E-state index in [-0.39, 0.29) is 6.61 Å². The predicted molar refractivity (Wildman–Crippen MR) is 120 cm³/mol. The summed E-state index contributed by atoms with van der Waals surface area (Å²) in [6, 6.07) is 21.4. The van der Waals surface area contributed by atoms with Gasteiger partial charge in [-0.05, 0) is 53.6 Å². The Labute approximate surface area is 190 Å². The number of hydrogen-bond donors (Lipinski definition) is 2.